The molecule has 0 bridgehead atoms. The predicted octanol–water partition coefficient (Wildman–Crippen LogP) is 1.59. The minimum absolute atomic E-state index is 0.142. The van der Waals surface area contributed by atoms with Gasteiger partial charge in [-0.1, -0.05) is 13.3 Å². The van der Waals surface area contributed by atoms with Crippen molar-refractivity contribution in [3.63, 3.8) is 0 Å². The number of aliphatic hydroxyl groups excluding tert-OH is 1. The summed E-state index contributed by atoms with van der Waals surface area (Å²) >= 11 is 0. The van der Waals surface area contributed by atoms with Gasteiger partial charge in [-0.05, 0) is 19.8 Å². The summed E-state index contributed by atoms with van der Waals surface area (Å²) in [6, 6.07) is 0. The fourth-order valence-electron chi connectivity index (χ4n) is 0.893. The molecule has 0 spiro atoms. The third kappa shape index (κ3) is 9.80. The van der Waals surface area contributed by atoms with Crippen molar-refractivity contribution in [2.75, 3.05) is 26.4 Å². The third-order valence-electron chi connectivity index (χ3n) is 1.70. The Hall–Kier alpha value is -0.120. The standard InChI is InChI=1S/C10H22O3/c1-3-4-7-12-9-10(2)13-8-5-6-11/h10-11H,3-9H2,1-2H3. The van der Waals surface area contributed by atoms with Crippen LogP contribution in [0.2, 0.25) is 0 Å². The minimum Gasteiger partial charge on any atom is -0.396 e. The first-order valence-electron chi connectivity index (χ1n) is 5.11. The Kier molecular flexibility index (Phi) is 9.87. The molecule has 80 valence electrons. The smallest absolute Gasteiger partial charge is 0.0780 e. The highest BCUT2D eigenvalue weighted by molar-refractivity contribution is 4.47. The summed E-state index contributed by atoms with van der Waals surface area (Å²) in [5.41, 5.74) is 0. The number of unbranched alkanes of at least 4 members (excludes halogenated alkanes) is 1. The molecule has 1 unspecified atom stereocenters. The van der Waals surface area contributed by atoms with Gasteiger partial charge in [0.1, 0.15) is 0 Å². The molecule has 0 fully saturated rings. The van der Waals surface area contributed by atoms with Crippen LogP contribution in [-0.2, 0) is 9.47 Å². The lowest BCUT2D eigenvalue weighted by molar-refractivity contribution is -0.0110. The van der Waals surface area contributed by atoms with Crippen LogP contribution in [0.5, 0.6) is 0 Å². The summed E-state index contributed by atoms with van der Waals surface area (Å²) in [5.74, 6) is 0. The molecule has 0 aromatic carbocycles. The van der Waals surface area contributed by atoms with E-state index in [1.807, 2.05) is 6.92 Å². The molecule has 0 aromatic rings. The van der Waals surface area contributed by atoms with Crippen LogP contribution in [0, 0.1) is 0 Å². The van der Waals surface area contributed by atoms with E-state index in [2.05, 4.69) is 6.92 Å². The fraction of sp³-hybridized carbons (Fsp3) is 1.00. The molecule has 0 rings (SSSR count). The van der Waals surface area contributed by atoms with Gasteiger partial charge in [-0.3, -0.25) is 0 Å². The van der Waals surface area contributed by atoms with E-state index in [-0.39, 0.29) is 12.7 Å². The van der Waals surface area contributed by atoms with Gasteiger partial charge in [0.15, 0.2) is 0 Å². The van der Waals surface area contributed by atoms with Crippen LogP contribution < -0.4 is 0 Å². The van der Waals surface area contributed by atoms with Crippen LogP contribution in [0.3, 0.4) is 0 Å². The molecular weight excluding hydrogens is 168 g/mol. The highest BCUT2D eigenvalue weighted by Gasteiger charge is 2.00. The van der Waals surface area contributed by atoms with Gasteiger partial charge in [0.25, 0.3) is 0 Å². The topological polar surface area (TPSA) is 38.7 Å². The number of rotatable bonds is 9. The second-order valence-electron chi connectivity index (χ2n) is 3.19. The zero-order chi connectivity index (χ0) is 9.94. The van der Waals surface area contributed by atoms with E-state index in [4.69, 9.17) is 14.6 Å². The van der Waals surface area contributed by atoms with Crippen LogP contribution in [0.1, 0.15) is 33.1 Å². The monoisotopic (exact) mass is 190 g/mol. The highest BCUT2D eigenvalue weighted by Crippen LogP contribution is 1.95. The van der Waals surface area contributed by atoms with Gasteiger partial charge < -0.3 is 14.6 Å². The van der Waals surface area contributed by atoms with E-state index in [9.17, 15) is 0 Å². The van der Waals surface area contributed by atoms with Crippen molar-refractivity contribution in [2.45, 2.75) is 39.2 Å². The third-order valence-corrected chi connectivity index (χ3v) is 1.70. The summed E-state index contributed by atoms with van der Waals surface area (Å²) in [6.45, 7) is 6.43. The van der Waals surface area contributed by atoms with Gasteiger partial charge in [-0.15, -0.1) is 0 Å². The number of hydrogen-bond donors (Lipinski definition) is 1. The maximum absolute atomic E-state index is 8.51. The molecule has 0 saturated carbocycles. The maximum atomic E-state index is 8.51. The average molecular weight is 190 g/mol. The normalized spacial score (nSPS) is 13.2. The Morgan fingerprint density at radius 3 is 2.62 bits per heavy atom. The molecule has 1 N–H and O–H groups in total. The minimum atomic E-state index is 0.142. The first-order chi connectivity index (χ1) is 6.31. The van der Waals surface area contributed by atoms with E-state index in [1.54, 1.807) is 0 Å². The van der Waals surface area contributed by atoms with Gasteiger partial charge in [-0.2, -0.15) is 0 Å². The highest BCUT2D eigenvalue weighted by atomic mass is 16.5. The van der Waals surface area contributed by atoms with Crippen molar-refractivity contribution >= 4 is 0 Å². The van der Waals surface area contributed by atoms with Gasteiger partial charge in [-0.25, -0.2) is 0 Å². The lowest BCUT2D eigenvalue weighted by Gasteiger charge is -2.12. The Bertz CT molecular complexity index is 96.2. The van der Waals surface area contributed by atoms with Crippen LogP contribution >= 0.6 is 0 Å². The van der Waals surface area contributed by atoms with Crippen molar-refractivity contribution in [1.82, 2.24) is 0 Å². The molecule has 0 radical (unpaired) electrons. The Morgan fingerprint density at radius 2 is 2.00 bits per heavy atom. The quantitative estimate of drug-likeness (QED) is 0.561. The van der Waals surface area contributed by atoms with Crippen LogP contribution in [0.15, 0.2) is 0 Å². The van der Waals surface area contributed by atoms with Crippen LogP contribution in [-0.4, -0.2) is 37.6 Å². The Labute approximate surface area is 81.0 Å². The van der Waals surface area contributed by atoms with E-state index >= 15 is 0 Å². The molecule has 0 heterocycles. The predicted molar refractivity (Wildman–Crippen MR) is 52.8 cm³/mol. The lowest BCUT2D eigenvalue weighted by atomic mass is 10.3. The molecule has 0 aliphatic rings. The van der Waals surface area contributed by atoms with Crippen molar-refractivity contribution in [3.8, 4) is 0 Å². The van der Waals surface area contributed by atoms with Crippen molar-refractivity contribution < 1.29 is 14.6 Å². The summed E-state index contributed by atoms with van der Waals surface area (Å²) in [4.78, 5) is 0. The number of ether oxygens (including phenoxy) is 2. The first-order valence-corrected chi connectivity index (χ1v) is 5.11. The first kappa shape index (κ1) is 12.9. The Morgan fingerprint density at radius 1 is 1.23 bits per heavy atom. The SMILES string of the molecule is CCCCOCC(C)OCCCO. The molecule has 13 heavy (non-hydrogen) atoms. The van der Waals surface area contributed by atoms with E-state index in [0.29, 0.717) is 19.6 Å². The van der Waals surface area contributed by atoms with Gasteiger partial charge in [0, 0.05) is 19.8 Å². The van der Waals surface area contributed by atoms with Crippen LogP contribution in [0.25, 0.3) is 0 Å². The van der Waals surface area contributed by atoms with Crippen molar-refractivity contribution in [3.05, 3.63) is 0 Å². The molecule has 0 aromatic heterocycles. The molecular formula is C10H22O3. The molecule has 0 saturated heterocycles. The number of hydrogen-bond acceptors (Lipinski definition) is 3. The van der Waals surface area contributed by atoms with Crippen LogP contribution in [0.4, 0.5) is 0 Å². The van der Waals surface area contributed by atoms with Gasteiger partial charge in [0.2, 0.25) is 0 Å². The second-order valence-corrected chi connectivity index (χ2v) is 3.19. The number of aliphatic hydroxyl groups is 1. The molecule has 0 aliphatic heterocycles. The molecule has 0 amide bonds. The Balaban J connectivity index is 3.05. The molecule has 0 aliphatic carbocycles. The van der Waals surface area contributed by atoms with E-state index in [1.165, 1.54) is 6.42 Å². The van der Waals surface area contributed by atoms with E-state index in [0.717, 1.165) is 13.0 Å². The van der Waals surface area contributed by atoms with Gasteiger partial charge >= 0.3 is 0 Å². The molecule has 3 nitrogen and oxygen atoms in total. The largest absolute Gasteiger partial charge is 0.396 e. The zero-order valence-corrected chi connectivity index (χ0v) is 8.79. The zero-order valence-electron chi connectivity index (χ0n) is 8.79. The summed E-state index contributed by atoms with van der Waals surface area (Å²) in [7, 11) is 0. The average Bonchev–Trinajstić information content (AvgIpc) is 2.13. The second kappa shape index (κ2) is 9.96. The summed E-state index contributed by atoms with van der Waals surface area (Å²) in [5, 5.41) is 8.51. The van der Waals surface area contributed by atoms with E-state index < -0.39 is 0 Å². The summed E-state index contributed by atoms with van der Waals surface area (Å²) < 4.78 is 10.8. The van der Waals surface area contributed by atoms with Gasteiger partial charge in [0.05, 0.1) is 12.7 Å². The molecule has 3 heteroatoms. The van der Waals surface area contributed by atoms with Crippen molar-refractivity contribution in [1.29, 1.82) is 0 Å². The van der Waals surface area contributed by atoms with Crippen molar-refractivity contribution in [2.24, 2.45) is 0 Å². The molecule has 1 atom stereocenters. The maximum Gasteiger partial charge on any atom is 0.0780 e. The fourth-order valence-corrected chi connectivity index (χ4v) is 0.893. The lowest BCUT2D eigenvalue weighted by Crippen LogP contribution is -2.17. The summed E-state index contributed by atoms with van der Waals surface area (Å²) in [6.07, 6.45) is 3.13.